The Morgan fingerprint density at radius 2 is 2.08 bits per heavy atom. The molecule has 76 valence electrons. The molecule has 0 aliphatic heterocycles. The molecule has 0 aromatic carbocycles. The van der Waals surface area contributed by atoms with E-state index >= 15 is 0 Å². The van der Waals surface area contributed by atoms with Crippen LogP contribution in [0.5, 0.6) is 0 Å². The Morgan fingerprint density at radius 3 is 2.46 bits per heavy atom. The normalized spacial score (nSPS) is 11.9. The van der Waals surface area contributed by atoms with Gasteiger partial charge in [0, 0.05) is 13.5 Å². The first kappa shape index (κ1) is 11.9. The first-order valence-corrected chi connectivity index (χ1v) is 4.27. The summed E-state index contributed by atoms with van der Waals surface area (Å²) in [5, 5.41) is 13.7. The van der Waals surface area contributed by atoms with Crippen molar-refractivity contribution in [3.63, 3.8) is 0 Å². The van der Waals surface area contributed by atoms with Crippen LogP contribution in [0.4, 0.5) is 0 Å². The number of carbonyl (C=O) groups is 2. The minimum atomic E-state index is -0.830. The van der Waals surface area contributed by atoms with Crippen LogP contribution in [0.1, 0.15) is 20.3 Å². The summed E-state index contributed by atoms with van der Waals surface area (Å²) in [6, 6.07) is -0.830. The number of rotatable bonds is 5. The first-order valence-electron chi connectivity index (χ1n) is 4.27. The van der Waals surface area contributed by atoms with Crippen LogP contribution < -0.4 is 10.6 Å². The molecular weight excluding hydrogens is 172 g/mol. The molecule has 0 aromatic heterocycles. The Balaban J connectivity index is 3.92. The molecule has 5 nitrogen and oxygen atoms in total. The van der Waals surface area contributed by atoms with Gasteiger partial charge in [-0.05, 0) is 6.42 Å². The van der Waals surface area contributed by atoms with Crippen molar-refractivity contribution in [2.45, 2.75) is 26.3 Å². The maximum Gasteiger partial charge on any atom is 0.244 e. The largest absolute Gasteiger partial charge is 0.394 e. The van der Waals surface area contributed by atoms with E-state index in [1.165, 1.54) is 6.92 Å². The summed E-state index contributed by atoms with van der Waals surface area (Å²) >= 11 is 0. The summed E-state index contributed by atoms with van der Waals surface area (Å²) in [5.74, 6) is -0.676. The molecule has 2 amide bonds. The number of nitrogens with one attached hydrogen (secondary N) is 2. The summed E-state index contributed by atoms with van der Waals surface area (Å²) in [6.45, 7) is 3.40. The highest BCUT2D eigenvalue weighted by Crippen LogP contribution is 1.83. The highest BCUT2D eigenvalue weighted by Gasteiger charge is 2.16. The molecule has 0 bridgehead atoms. The van der Waals surface area contributed by atoms with Crippen LogP contribution >= 0.6 is 0 Å². The molecule has 0 saturated heterocycles. The van der Waals surface area contributed by atoms with Crippen molar-refractivity contribution >= 4 is 11.8 Å². The summed E-state index contributed by atoms with van der Waals surface area (Å²) < 4.78 is 0. The van der Waals surface area contributed by atoms with Gasteiger partial charge in [0.25, 0.3) is 0 Å². The molecule has 13 heavy (non-hydrogen) atoms. The predicted molar refractivity (Wildman–Crippen MR) is 48.0 cm³/mol. The lowest BCUT2D eigenvalue weighted by atomic mass is 10.3. The van der Waals surface area contributed by atoms with Crippen LogP contribution in [0, 0.1) is 0 Å². The van der Waals surface area contributed by atoms with Gasteiger partial charge in [-0.25, -0.2) is 0 Å². The Bertz CT molecular complexity index is 182. The molecular formula is C8H16N2O3. The summed E-state index contributed by atoms with van der Waals surface area (Å²) in [5.41, 5.74) is 0. The van der Waals surface area contributed by atoms with Crippen LogP contribution in [0.25, 0.3) is 0 Å². The molecule has 0 heterocycles. The van der Waals surface area contributed by atoms with Crippen LogP contribution in [0.15, 0.2) is 0 Å². The molecule has 0 aliphatic rings. The quantitative estimate of drug-likeness (QED) is 0.518. The van der Waals surface area contributed by atoms with E-state index in [4.69, 9.17) is 5.11 Å². The van der Waals surface area contributed by atoms with Gasteiger partial charge < -0.3 is 15.7 Å². The van der Waals surface area contributed by atoms with Crippen molar-refractivity contribution in [2.75, 3.05) is 13.2 Å². The van der Waals surface area contributed by atoms with E-state index in [0.717, 1.165) is 6.42 Å². The Labute approximate surface area is 77.5 Å². The van der Waals surface area contributed by atoms with E-state index in [9.17, 15) is 9.59 Å². The monoisotopic (exact) mass is 188 g/mol. The van der Waals surface area contributed by atoms with E-state index in [0.29, 0.717) is 6.54 Å². The van der Waals surface area contributed by atoms with Gasteiger partial charge in [0.05, 0.1) is 6.61 Å². The van der Waals surface area contributed by atoms with Crippen LogP contribution in [0.2, 0.25) is 0 Å². The average Bonchev–Trinajstić information content (AvgIpc) is 2.09. The molecule has 5 heteroatoms. The van der Waals surface area contributed by atoms with Gasteiger partial charge in [-0.15, -0.1) is 0 Å². The summed E-state index contributed by atoms with van der Waals surface area (Å²) in [4.78, 5) is 21.8. The number of carbonyl (C=O) groups excluding carboxylic acids is 2. The number of amides is 2. The lowest BCUT2D eigenvalue weighted by Gasteiger charge is -2.14. The molecule has 0 rings (SSSR count). The second-order valence-electron chi connectivity index (χ2n) is 2.73. The van der Waals surface area contributed by atoms with Crippen molar-refractivity contribution < 1.29 is 14.7 Å². The zero-order valence-corrected chi connectivity index (χ0v) is 7.96. The van der Waals surface area contributed by atoms with E-state index in [2.05, 4.69) is 10.6 Å². The van der Waals surface area contributed by atoms with Crippen molar-refractivity contribution in [1.29, 1.82) is 0 Å². The lowest BCUT2D eigenvalue weighted by Crippen LogP contribution is -2.48. The fourth-order valence-electron chi connectivity index (χ4n) is 0.811. The molecule has 0 saturated carbocycles. The molecule has 3 N–H and O–H groups in total. The average molecular weight is 188 g/mol. The maximum atomic E-state index is 11.2. The van der Waals surface area contributed by atoms with E-state index in [1.807, 2.05) is 6.92 Å². The van der Waals surface area contributed by atoms with E-state index in [1.54, 1.807) is 0 Å². The third-order valence-electron chi connectivity index (χ3n) is 1.43. The maximum absolute atomic E-state index is 11.2. The van der Waals surface area contributed by atoms with Gasteiger partial charge in [0.2, 0.25) is 11.8 Å². The molecule has 0 radical (unpaired) electrons. The lowest BCUT2D eigenvalue weighted by molar-refractivity contribution is -0.129. The summed E-state index contributed by atoms with van der Waals surface area (Å²) in [6.07, 6.45) is 0.823. The number of hydrogen-bond donors (Lipinski definition) is 3. The predicted octanol–water partition coefficient (Wildman–Crippen LogP) is -0.990. The Kier molecular flexibility index (Phi) is 5.88. The fraction of sp³-hybridized carbons (Fsp3) is 0.750. The molecule has 0 aromatic rings. The smallest absolute Gasteiger partial charge is 0.244 e. The van der Waals surface area contributed by atoms with Gasteiger partial charge in [-0.3, -0.25) is 9.59 Å². The Hall–Kier alpha value is -1.10. The minimum absolute atomic E-state index is 0.328. The summed E-state index contributed by atoms with van der Waals surface area (Å²) in [7, 11) is 0. The van der Waals surface area contributed by atoms with Crippen molar-refractivity contribution in [2.24, 2.45) is 0 Å². The number of aliphatic hydroxyl groups is 1. The van der Waals surface area contributed by atoms with Crippen LogP contribution in [0.3, 0.4) is 0 Å². The van der Waals surface area contributed by atoms with Crippen molar-refractivity contribution in [3.05, 3.63) is 0 Å². The highest BCUT2D eigenvalue weighted by molar-refractivity contribution is 5.86. The van der Waals surface area contributed by atoms with Gasteiger partial charge in [0.15, 0.2) is 0 Å². The van der Waals surface area contributed by atoms with Gasteiger partial charge >= 0.3 is 0 Å². The van der Waals surface area contributed by atoms with E-state index in [-0.39, 0.29) is 18.4 Å². The fourth-order valence-corrected chi connectivity index (χ4v) is 0.811. The first-order chi connectivity index (χ1) is 6.11. The topological polar surface area (TPSA) is 78.4 Å². The Morgan fingerprint density at radius 1 is 1.46 bits per heavy atom. The zero-order chi connectivity index (χ0) is 10.3. The molecule has 0 spiro atoms. The van der Waals surface area contributed by atoms with Gasteiger partial charge in [-0.2, -0.15) is 0 Å². The van der Waals surface area contributed by atoms with E-state index < -0.39 is 6.04 Å². The van der Waals surface area contributed by atoms with Gasteiger partial charge in [0.1, 0.15) is 6.04 Å². The van der Waals surface area contributed by atoms with Crippen molar-refractivity contribution in [1.82, 2.24) is 10.6 Å². The third kappa shape index (κ3) is 5.19. The second-order valence-corrected chi connectivity index (χ2v) is 2.73. The zero-order valence-electron chi connectivity index (χ0n) is 7.96. The molecule has 0 fully saturated rings. The number of aliphatic hydroxyl groups excluding tert-OH is 1. The number of hydrogen-bond acceptors (Lipinski definition) is 3. The minimum Gasteiger partial charge on any atom is -0.394 e. The van der Waals surface area contributed by atoms with Crippen LogP contribution in [-0.4, -0.2) is 36.1 Å². The third-order valence-corrected chi connectivity index (χ3v) is 1.43. The standard InChI is InChI=1S/C8H16N2O3/c1-3-4-9-8(13)7(5-11)10-6(2)12/h7,11H,3-5H2,1-2H3,(H,9,13)(H,10,12). The van der Waals surface area contributed by atoms with Crippen LogP contribution in [-0.2, 0) is 9.59 Å². The van der Waals surface area contributed by atoms with Crippen molar-refractivity contribution in [3.8, 4) is 0 Å². The molecule has 1 unspecified atom stereocenters. The molecule has 0 aliphatic carbocycles. The molecule has 1 atom stereocenters. The van der Waals surface area contributed by atoms with Gasteiger partial charge in [-0.1, -0.05) is 6.92 Å². The highest BCUT2D eigenvalue weighted by atomic mass is 16.3. The second kappa shape index (κ2) is 6.42. The SMILES string of the molecule is CCCNC(=O)C(CO)NC(C)=O.